The normalized spacial score (nSPS) is 14.2. The topological polar surface area (TPSA) is 96.9 Å². The Labute approximate surface area is 237 Å². The molecule has 0 radical (unpaired) electrons. The monoisotopic (exact) mass is 559 g/mol. The van der Waals surface area contributed by atoms with Crippen molar-refractivity contribution in [1.82, 2.24) is 15.1 Å². The van der Waals surface area contributed by atoms with Crippen molar-refractivity contribution >= 4 is 17.5 Å². The summed E-state index contributed by atoms with van der Waals surface area (Å²) in [4.78, 5) is 15.6. The molecule has 8 nitrogen and oxygen atoms in total. The van der Waals surface area contributed by atoms with Gasteiger partial charge in [0.1, 0.15) is 29.5 Å². The molecule has 1 aliphatic rings. The maximum absolute atomic E-state index is 13.8. The number of nitrogens with one attached hydrogen (secondary N) is 1. The lowest BCUT2D eigenvalue weighted by molar-refractivity contribution is 0.0745. The van der Waals surface area contributed by atoms with Crippen molar-refractivity contribution in [3.63, 3.8) is 0 Å². The number of fused-ring (bicyclic) bond motifs is 1. The molecule has 2 heterocycles. The summed E-state index contributed by atoms with van der Waals surface area (Å²) < 4.78 is 17.0. The number of carbonyl (C=O) groups excluding carboxylic acids is 1. The minimum absolute atomic E-state index is 0.0183. The molecule has 9 heteroatoms. The molecule has 0 saturated heterocycles. The maximum Gasteiger partial charge on any atom is 0.273 e. The summed E-state index contributed by atoms with van der Waals surface area (Å²) in [7, 11) is 1.63. The molecule has 5 rings (SSSR count). The number of methoxy groups -OCH3 is 1. The first-order chi connectivity index (χ1) is 19.4. The van der Waals surface area contributed by atoms with Crippen LogP contribution >= 0.6 is 11.6 Å². The van der Waals surface area contributed by atoms with Gasteiger partial charge < -0.3 is 24.2 Å². The highest BCUT2D eigenvalue weighted by Crippen LogP contribution is 2.46. The Bertz CT molecular complexity index is 1530. The Morgan fingerprint density at radius 1 is 1.10 bits per heavy atom. The Balaban J connectivity index is 1.59. The lowest BCUT2D eigenvalue weighted by Crippen LogP contribution is -2.31. The third-order valence-electron chi connectivity index (χ3n) is 6.82. The van der Waals surface area contributed by atoms with Crippen LogP contribution < -0.4 is 14.2 Å². The number of hydrogen-bond donors (Lipinski definition) is 2. The highest BCUT2D eigenvalue weighted by Gasteiger charge is 2.42. The van der Waals surface area contributed by atoms with Crippen LogP contribution in [0.2, 0.25) is 5.02 Å². The van der Waals surface area contributed by atoms with Gasteiger partial charge in [0.05, 0.1) is 19.8 Å². The van der Waals surface area contributed by atoms with E-state index in [2.05, 4.69) is 16.8 Å². The van der Waals surface area contributed by atoms with Crippen LogP contribution in [0.15, 0.2) is 73.3 Å². The quantitative estimate of drug-likeness (QED) is 0.212. The van der Waals surface area contributed by atoms with Crippen molar-refractivity contribution in [3.8, 4) is 34.3 Å². The molecule has 4 aromatic rings. The van der Waals surface area contributed by atoms with Gasteiger partial charge in [-0.2, -0.15) is 5.10 Å². The van der Waals surface area contributed by atoms with Crippen LogP contribution in [0.25, 0.3) is 11.3 Å². The molecule has 0 saturated carbocycles. The second-order valence-corrected chi connectivity index (χ2v) is 9.70. The third kappa shape index (κ3) is 5.22. The number of aromatic nitrogens is 2. The molecule has 206 valence electrons. The number of phenols is 1. The summed E-state index contributed by atoms with van der Waals surface area (Å²) >= 11 is 6.28. The Morgan fingerprint density at radius 3 is 2.62 bits per heavy atom. The fourth-order valence-electron chi connectivity index (χ4n) is 4.95. The van der Waals surface area contributed by atoms with E-state index < -0.39 is 6.04 Å². The Hall–Kier alpha value is -4.43. The van der Waals surface area contributed by atoms with Gasteiger partial charge in [0.15, 0.2) is 11.5 Å². The number of rotatable bonds is 11. The van der Waals surface area contributed by atoms with Crippen molar-refractivity contribution in [3.05, 3.63) is 101 Å². The van der Waals surface area contributed by atoms with Crippen LogP contribution in [0.4, 0.5) is 0 Å². The van der Waals surface area contributed by atoms with Gasteiger partial charge in [-0.3, -0.25) is 9.89 Å². The van der Waals surface area contributed by atoms with Crippen molar-refractivity contribution in [1.29, 1.82) is 0 Å². The number of halogens is 1. The van der Waals surface area contributed by atoms with Crippen molar-refractivity contribution in [2.24, 2.45) is 0 Å². The van der Waals surface area contributed by atoms with E-state index in [1.807, 2.05) is 54.3 Å². The molecule has 3 aromatic carbocycles. The number of benzene rings is 3. The average Bonchev–Trinajstić information content (AvgIpc) is 3.51. The van der Waals surface area contributed by atoms with Gasteiger partial charge >= 0.3 is 0 Å². The van der Waals surface area contributed by atoms with Crippen LogP contribution in [0.3, 0.4) is 0 Å². The number of carbonyl (C=O) groups is 1. The lowest BCUT2D eigenvalue weighted by atomic mass is 9.95. The standard InChI is InChI=1S/C31H30ClN3O5/c1-4-16-40-25-13-8-20(17-26(25)39-5-2)30-27-28(23-18-21(32)9-12-24(23)36)33-34-29(27)31(37)35(30)15-14-19-6-10-22(38-3)11-7-19/h4,6-13,17-18,30,36H,1,5,14-16H2,2-3H3,(H,33,34). The molecule has 1 amide bonds. The van der Waals surface area contributed by atoms with Gasteiger partial charge in [0, 0.05) is 22.7 Å². The Kier molecular flexibility index (Phi) is 7.98. The molecule has 1 atom stereocenters. The zero-order chi connectivity index (χ0) is 28.2. The summed E-state index contributed by atoms with van der Waals surface area (Å²) in [6, 6.07) is 17.7. The number of amides is 1. The number of aromatic hydroxyl groups is 1. The van der Waals surface area contributed by atoms with E-state index in [-0.39, 0.29) is 11.7 Å². The minimum atomic E-state index is -0.499. The SMILES string of the molecule is C=CCOc1ccc(C2c3c(-c4cc(Cl)ccc4O)n[nH]c3C(=O)N2CCc2ccc(OC)cc2)cc1OCC. The molecule has 0 aliphatic carbocycles. The minimum Gasteiger partial charge on any atom is -0.507 e. The first-order valence-corrected chi connectivity index (χ1v) is 13.3. The summed E-state index contributed by atoms with van der Waals surface area (Å²) in [5, 5.41) is 18.5. The smallest absolute Gasteiger partial charge is 0.273 e. The van der Waals surface area contributed by atoms with Gasteiger partial charge in [-0.15, -0.1) is 0 Å². The van der Waals surface area contributed by atoms with Crippen molar-refractivity contribution < 1.29 is 24.1 Å². The number of hydrogen-bond acceptors (Lipinski definition) is 6. The molecule has 1 aliphatic heterocycles. The molecule has 1 aromatic heterocycles. The Morgan fingerprint density at radius 2 is 1.90 bits per heavy atom. The van der Waals surface area contributed by atoms with E-state index in [0.29, 0.717) is 65.2 Å². The van der Waals surface area contributed by atoms with E-state index in [1.165, 1.54) is 6.07 Å². The van der Waals surface area contributed by atoms with E-state index in [4.69, 9.17) is 25.8 Å². The number of nitrogens with zero attached hydrogens (tertiary/aromatic N) is 2. The van der Waals surface area contributed by atoms with E-state index in [1.54, 1.807) is 25.3 Å². The number of phenolic OH excluding ortho intramolecular Hbond substituents is 1. The second kappa shape index (κ2) is 11.8. The first-order valence-electron chi connectivity index (χ1n) is 13.0. The first kappa shape index (κ1) is 27.1. The molecule has 0 spiro atoms. The molecular formula is C31H30ClN3O5. The lowest BCUT2D eigenvalue weighted by Gasteiger charge is -2.27. The van der Waals surface area contributed by atoms with Crippen LogP contribution in [0, 0.1) is 0 Å². The highest BCUT2D eigenvalue weighted by molar-refractivity contribution is 6.31. The largest absolute Gasteiger partial charge is 0.507 e. The van der Waals surface area contributed by atoms with Crippen LogP contribution in [0.5, 0.6) is 23.0 Å². The van der Waals surface area contributed by atoms with Crippen molar-refractivity contribution in [2.45, 2.75) is 19.4 Å². The molecule has 0 fully saturated rings. The highest BCUT2D eigenvalue weighted by atomic mass is 35.5. The third-order valence-corrected chi connectivity index (χ3v) is 7.05. The maximum atomic E-state index is 13.8. The van der Waals surface area contributed by atoms with Gasteiger partial charge in [-0.1, -0.05) is 42.5 Å². The van der Waals surface area contributed by atoms with Gasteiger partial charge in [0.25, 0.3) is 5.91 Å². The van der Waals surface area contributed by atoms with E-state index >= 15 is 0 Å². The fourth-order valence-corrected chi connectivity index (χ4v) is 5.12. The van der Waals surface area contributed by atoms with Crippen LogP contribution in [-0.4, -0.2) is 53.0 Å². The molecule has 0 bridgehead atoms. The summed E-state index contributed by atoms with van der Waals surface area (Å²) in [6.07, 6.45) is 2.29. The van der Waals surface area contributed by atoms with E-state index in [0.717, 1.165) is 16.9 Å². The van der Waals surface area contributed by atoms with Crippen molar-refractivity contribution in [2.75, 3.05) is 26.9 Å². The van der Waals surface area contributed by atoms with Gasteiger partial charge in [-0.05, 0) is 66.9 Å². The molecule has 2 N–H and O–H groups in total. The fraction of sp³-hybridized carbons (Fsp3) is 0.226. The zero-order valence-corrected chi connectivity index (χ0v) is 23.1. The molecular weight excluding hydrogens is 530 g/mol. The van der Waals surface area contributed by atoms with E-state index in [9.17, 15) is 9.90 Å². The van der Waals surface area contributed by atoms with Gasteiger partial charge in [-0.25, -0.2) is 0 Å². The predicted octanol–water partition coefficient (Wildman–Crippen LogP) is 6.20. The number of H-pyrrole nitrogens is 1. The van der Waals surface area contributed by atoms with Crippen LogP contribution in [0.1, 0.15) is 40.1 Å². The molecule has 1 unspecified atom stereocenters. The predicted molar refractivity (Wildman–Crippen MR) is 154 cm³/mol. The zero-order valence-electron chi connectivity index (χ0n) is 22.3. The summed E-state index contributed by atoms with van der Waals surface area (Å²) in [5.41, 5.74) is 3.83. The average molecular weight is 560 g/mol. The summed E-state index contributed by atoms with van der Waals surface area (Å²) in [5.74, 6) is 1.75. The number of aromatic amines is 1. The second-order valence-electron chi connectivity index (χ2n) is 9.26. The molecule has 40 heavy (non-hydrogen) atoms. The van der Waals surface area contributed by atoms with Crippen LogP contribution in [-0.2, 0) is 6.42 Å². The number of ether oxygens (including phenoxy) is 3. The summed E-state index contributed by atoms with van der Waals surface area (Å²) in [6.45, 7) is 6.84. The van der Waals surface area contributed by atoms with Gasteiger partial charge in [0.2, 0.25) is 0 Å².